The second kappa shape index (κ2) is 8.66. The van der Waals surface area contributed by atoms with E-state index in [1.54, 1.807) is 31.8 Å². The van der Waals surface area contributed by atoms with E-state index in [0.717, 1.165) is 45.2 Å². The van der Waals surface area contributed by atoms with Crippen LogP contribution in [0.5, 0.6) is 0 Å². The standard InChI is InChI=1S/C21H30N6O3S/c1-15-17(21(28)26-10-6-4-7-11-26)13-22-20(24-15)18-9-5-8-12-27(18)31(29,30)19-14-23-25(3)16(19)2/h13-14,18H,4-12H2,1-3H3/t18-/m0/s1. The number of hydrogen-bond acceptors (Lipinski definition) is 6. The molecular weight excluding hydrogens is 416 g/mol. The van der Waals surface area contributed by atoms with Gasteiger partial charge >= 0.3 is 0 Å². The van der Waals surface area contributed by atoms with Gasteiger partial charge in [-0.2, -0.15) is 9.40 Å². The fourth-order valence-corrected chi connectivity index (χ4v) is 6.27. The minimum atomic E-state index is -3.73. The van der Waals surface area contributed by atoms with Crippen molar-refractivity contribution in [1.82, 2.24) is 29.0 Å². The van der Waals surface area contributed by atoms with E-state index in [4.69, 9.17) is 0 Å². The normalized spacial score (nSPS) is 20.7. The molecule has 0 aromatic carbocycles. The molecule has 0 N–H and O–H groups in total. The fourth-order valence-electron chi connectivity index (χ4n) is 4.43. The first-order chi connectivity index (χ1) is 14.8. The Kier molecular flexibility index (Phi) is 6.11. The number of aromatic nitrogens is 4. The third-order valence-electron chi connectivity index (χ3n) is 6.40. The number of nitrogens with zero attached hydrogens (tertiary/aromatic N) is 6. The zero-order chi connectivity index (χ0) is 22.2. The highest BCUT2D eigenvalue weighted by Crippen LogP contribution is 2.35. The highest BCUT2D eigenvalue weighted by atomic mass is 32.2. The number of piperidine rings is 2. The van der Waals surface area contributed by atoms with Gasteiger partial charge in [0, 0.05) is 32.9 Å². The summed E-state index contributed by atoms with van der Waals surface area (Å²) >= 11 is 0. The van der Waals surface area contributed by atoms with E-state index in [2.05, 4.69) is 15.1 Å². The lowest BCUT2D eigenvalue weighted by Crippen LogP contribution is -2.40. The Bertz CT molecular complexity index is 1070. The van der Waals surface area contributed by atoms with Crippen LogP contribution in [0.2, 0.25) is 0 Å². The van der Waals surface area contributed by atoms with Crippen LogP contribution in [0.3, 0.4) is 0 Å². The number of rotatable bonds is 4. The molecule has 2 aromatic rings. The van der Waals surface area contributed by atoms with Crippen molar-refractivity contribution in [2.24, 2.45) is 7.05 Å². The lowest BCUT2D eigenvalue weighted by atomic mass is 10.0. The molecule has 0 bridgehead atoms. The summed E-state index contributed by atoms with van der Waals surface area (Å²) in [6.07, 6.45) is 8.52. The fraction of sp³-hybridized carbons (Fsp3) is 0.619. The molecule has 10 heteroatoms. The van der Waals surface area contributed by atoms with Gasteiger partial charge in [0.05, 0.1) is 29.2 Å². The van der Waals surface area contributed by atoms with Crippen molar-refractivity contribution in [3.8, 4) is 0 Å². The highest BCUT2D eigenvalue weighted by molar-refractivity contribution is 7.89. The number of aryl methyl sites for hydroxylation is 2. The molecular formula is C21H30N6O3S. The van der Waals surface area contributed by atoms with Gasteiger partial charge in [0.15, 0.2) is 0 Å². The zero-order valence-electron chi connectivity index (χ0n) is 18.4. The van der Waals surface area contributed by atoms with Crippen LogP contribution in [0.1, 0.15) is 72.1 Å². The van der Waals surface area contributed by atoms with E-state index in [9.17, 15) is 13.2 Å². The van der Waals surface area contributed by atoms with Crippen molar-refractivity contribution in [2.75, 3.05) is 19.6 Å². The van der Waals surface area contributed by atoms with Crippen LogP contribution >= 0.6 is 0 Å². The van der Waals surface area contributed by atoms with Crippen molar-refractivity contribution in [2.45, 2.75) is 63.3 Å². The Balaban J connectivity index is 1.63. The molecule has 0 spiro atoms. The van der Waals surface area contributed by atoms with Gasteiger partial charge in [-0.3, -0.25) is 9.48 Å². The molecule has 2 saturated heterocycles. The SMILES string of the molecule is Cc1nc([C@@H]2CCCCN2S(=O)(=O)c2cnn(C)c2C)ncc1C(=O)N1CCCCC1. The summed E-state index contributed by atoms with van der Waals surface area (Å²) in [6.45, 7) is 5.49. The molecule has 2 aliphatic rings. The maximum atomic E-state index is 13.4. The predicted molar refractivity (Wildman–Crippen MR) is 115 cm³/mol. The molecule has 1 atom stereocenters. The largest absolute Gasteiger partial charge is 0.339 e. The number of carbonyl (C=O) groups excluding carboxylic acids is 1. The molecule has 31 heavy (non-hydrogen) atoms. The van der Waals surface area contributed by atoms with Crippen LogP contribution in [0.4, 0.5) is 0 Å². The second-order valence-electron chi connectivity index (χ2n) is 8.43. The summed E-state index contributed by atoms with van der Waals surface area (Å²) in [4.78, 5) is 24.1. The third-order valence-corrected chi connectivity index (χ3v) is 8.41. The van der Waals surface area contributed by atoms with E-state index in [0.29, 0.717) is 35.7 Å². The van der Waals surface area contributed by atoms with E-state index in [1.807, 2.05) is 4.90 Å². The van der Waals surface area contributed by atoms with Gasteiger partial charge in [-0.15, -0.1) is 0 Å². The Labute approximate surface area is 183 Å². The van der Waals surface area contributed by atoms with Gasteiger partial charge in [0.1, 0.15) is 10.7 Å². The molecule has 0 unspecified atom stereocenters. The van der Waals surface area contributed by atoms with Crippen LogP contribution in [-0.4, -0.2) is 62.9 Å². The summed E-state index contributed by atoms with van der Waals surface area (Å²) in [6, 6.07) is -0.448. The summed E-state index contributed by atoms with van der Waals surface area (Å²) < 4.78 is 29.9. The molecule has 0 radical (unpaired) electrons. The van der Waals surface area contributed by atoms with Crippen molar-refractivity contribution >= 4 is 15.9 Å². The van der Waals surface area contributed by atoms with Crippen LogP contribution in [-0.2, 0) is 17.1 Å². The van der Waals surface area contributed by atoms with Crippen LogP contribution < -0.4 is 0 Å². The molecule has 0 aliphatic carbocycles. The van der Waals surface area contributed by atoms with Crippen molar-refractivity contribution < 1.29 is 13.2 Å². The maximum Gasteiger partial charge on any atom is 0.257 e. The second-order valence-corrected chi connectivity index (χ2v) is 10.3. The minimum Gasteiger partial charge on any atom is -0.339 e. The van der Waals surface area contributed by atoms with E-state index < -0.39 is 16.1 Å². The van der Waals surface area contributed by atoms with Crippen LogP contribution in [0, 0.1) is 13.8 Å². The molecule has 9 nitrogen and oxygen atoms in total. The number of amides is 1. The van der Waals surface area contributed by atoms with E-state index >= 15 is 0 Å². The van der Waals surface area contributed by atoms with Crippen molar-refractivity contribution in [3.63, 3.8) is 0 Å². The molecule has 4 heterocycles. The van der Waals surface area contributed by atoms with Gasteiger partial charge in [0.2, 0.25) is 10.0 Å². The first kappa shape index (κ1) is 21.9. The number of sulfonamides is 1. The average molecular weight is 447 g/mol. The molecule has 4 rings (SSSR count). The number of hydrogen-bond donors (Lipinski definition) is 0. The Morgan fingerprint density at radius 3 is 2.39 bits per heavy atom. The first-order valence-electron chi connectivity index (χ1n) is 10.9. The van der Waals surface area contributed by atoms with Crippen LogP contribution in [0.15, 0.2) is 17.3 Å². The minimum absolute atomic E-state index is 0.0390. The predicted octanol–water partition coefficient (Wildman–Crippen LogP) is 2.37. The zero-order valence-corrected chi connectivity index (χ0v) is 19.2. The Hall–Kier alpha value is -2.33. The van der Waals surface area contributed by atoms with E-state index in [1.165, 1.54) is 10.5 Å². The van der Waals surface area contributed by atoms with Crippen molar-refractivity contribution in [3.05, 3.63) is 35.2 Å². The quantitative estimate of drug-likeness (QED) is 0.715. The topological polar surface area (TPSA) is 101 Å². The van der Waals surface area contributed by atoms with Gasteiger partial charge in [-0.25, -0.2) is 18.4 Å². The maximum absolute atomic E-state index is 13.4. The molecule has 168 valence electrons. The van der Waals surface area contributed by atoms with Crippen LogP contribution in [0.25, 0.3) is 0 Å². The van der Waals surface area contributed by atoms with Crippen molar-refractivity contribution in [1.29, 1.82) is 0 Å². The first-order valence-corrected chi connectivity index (χ1v) is 12.4. The summed E-state index contributed by atoms with van der Waals surface area (Å²) in [5.74, 6) is 0.417. The van der Waals surface area contributed by atoms with Gasteiger partial charge in [0.25, 0.3) is 5.91 Å². The lowest BCUT2D eigenvalue weighted by Gasteiger charge is -2.33. The molecule has 0 saturated carbocycles. The van der Waals surface area contributed by atoms with Gasteiger partial charge < -0.3 is 4.90 Å². The smallest absolute Gasteiger partial charge is 0.257 e. The summed E-state index contributed by atoms with van der Waals surface area (Å²) in [7, 11) is -2.00. The molecule has 2 aromatic heterocycles. The Morgan fingerprint density at radius 2 is 1.74 bits per heavy atom. The Morgan fingerprint density at radius 1 is 1.03 bits per heavy atom. The monoisotopic (exact) mass is 446 g/mol. The number of likely N-dealkylation sites (tertiary alicyclic amines) is 1. The van der Waals surface area contributed by atoms with E-state index in [-0.39, 0.29) is 10.8 Å². The molecule has 2 aliphatic heterocycles. The lowest BCUT2D eigenvalue weighted by molar-refractivity contribution is 0.0722. The highest BCUT2D eigenvalue weighted by Gasteiger charge is 2.38. The summed E-state index contributed by atoms with van der Waals surface area (Å²) in [5.41, 5.74) is 1.70. The number of carbonyl (C=O) groups is 1. The molecule has 2 fully saturated rings. The van der Waals surface area contributed by atoms with Gasteiger partial charge in [-0.1, -0.05) is 6.42 Å². The molecule has 1 amide bonds. The average Bonchev–Trinajstić information content (AvgIpc) is 3.13. The summed E-state index contributed by atoms with van der Waals surface area (Å²) in [5, 5.41) is 4.10. The third kappa shape index (κ3) is 4.10. The van der Waals surface area contributed by atoms with Gasteiger partial charge in [-0.05, 0) is 46.0 Å².